The standard InChI is InChI=1S/C20H23NO5/c1-5-8-26-18-10-14(25-4)6-7-15(18)19(22)21-17-11-16(20(23)24)12(2)9-13(17)3/h6-7,9-11H,5,8H2,1-4H3,(H,21,22)(H,23,24). The number of carbonyl (C=O) groups is 2. The molecule has 0 unspecified atom stereocenters. The normalized spacial score (nSPS) is 10.3. The lowest BCUT2D eigenvalue weighted by Gasteiger charge is -2.15. The predicted molar refractivity (Wildman–Crippen MR) is 99.6 cm³/mol. The molecule has 0 radical (unpaired) electrons. The summed E-state index contributed by atoms with van der Waals surface area (Å²) in [4.78, 5) is 24.1. The van der Waals surface area contributed by atoms with Crippen molar-refractivity contribution in [1.29, 1.82) is 0 Å². The fourth-order valence-electron chi connectivity index (χ4n) is 2.56. The molecule has 0 aliphatic heterocycles. The van der Waals surface area contributed by atoms with Crippen LogP contribution in [0.25, 0.3) is 0 Å². The Kier molecular flexibility index (Phi) is 6.22. The van der Waals surface area contributed by atoms with Gasteiger partial charge in [0, 0.05) is 11.8 Å². The number of nitrogens with one attached hydrogen (secondary N) is 1. The van der Waals surface area contributed by atoms with E-state index in [1.165, 1.54) is 6.07 Å². The van der Waals surface area contributed by atoms with E-state index in [1.807, 2.05) is 13.8 Å². The number of aryl methyl sites for hydroxylation is 2. The van der Waals surface area contributed by atoms with E-state index in [0.29, 0.717) is 34.9 Å². The van der Waals surface area contributed by atoms with E-state index in [2.05, 4.69) is 5.32 Å². The van der Waals surface area contributed by atoms with E-state index in [9.17, 15) is 14.7 Å². The summed E-state index contributed by atoms with van der Waals surface area (Å²) in [5.74, 6) is -0.393. The summed E-state index contributed by atoms with van der Waals surface area (Å²) in [6.45, 7) is 5.99. The average molecular weight is 357 g/mol. The van der Waals surface area contributed by atoms with E-state index in [-0.39, 0.29) is 11.5 Å². The Bertz CT molecular complexity index is 829. The van der Waals surface area contributed by atoms with Gasteiger partial charge in [0.1, 0.15) is 11.5 Å². The van der Waals surface area contributed by atoms with Crippen LogP contribution in [-0.2, 0) is 0 Å². The SMILES string of the molecule is CCCOc1cc(OC)ccc1C(=O)Nc1cc(C(=O)O)c(C)cc1C. The van der Waals surface area contributed by atoms with Crippen LogP contribution < -0.4 is 14.8 Å². The summed E-state index contributed by atoms with van der Waals surface area (Å²) >= 11 is 0. The van der Waals surface area contributed by atoms with Crippen molar-refractivity contribution in [2.45, 2.75) is 27.2 Å². The van der Waals surface area contributed by atoms with Crippen molar-refractivity contribution >= 4 is 17.6 Å². The van der Waals surface area contributed by atoms with Crippen LogP contribution in [0.4, 0.5) is 5.69 Å². The summed E-state index contributed by atoms with van der Waals surface area (Å²) in [7, 11) is 1.54. The molecule has 2 N–H and O–H groups in total. The van der Waals surface area contributed by atoms with Crippen LogP contribution in [0.3, 0.4) is 0 Å². The Balaban J connectivity index is 2.35. The summed E-state index contributed by atoms with van der Waals surface area (Å²) < 4.78 is 10.8. The van der Waals surface area contributed by atoms with Gasteiger partial charge < -0.3 is 19.9 Å². The Labute approximate surface area is 152 Å². The largest absolute Gasteiger partial charge is 0.497 e. The highest BCUT2D eigenvalue weighted by atomic mass is 16.5. The highest BCUT2D eigenvalue weighted by Gasteiger charge is 2.17. The molecule has 0 fully saturated rings. The first-order chi connectivity index (χ1) is 12.4. The van der Waals surface area contributed by atoms with E-state index < -0.39 is 5.97 Å². The van der Waals surface area contributed by atoms with Gasteiger partial charge in [0.05, 0.1) is 24.8 Å². The van der Waals surface area contributed by atoms with Crippen molar-refractivity contribution in [3.63, 3.8) is 0 Å². The van der Waals surface area contributed by atoms with Gasteiger partial charge in [0.25, 0.3) is 5.91 Å². The number of amides is 1. The number of hydrogen-bond acceptors (Lipinski definition) is 4. The van der Waals surface area contributed by atoms with Crippen LogP contribution in [0.2, 0.25) is 0 Å². The number of benzene rings is 2. The van der Waals surface area contributed by atoms with Crippen LogP contribution in [0.1, 0.15) is 45.2 Å². The van der Waals surface area contributed by atoms with Crippen LogP contribution in [-0.4, -0.2) is 30.7 Å². The number of ether oxygens (including phenoxy) is 2. The summed E-state index contributed by atoms with van der Waals surface area (Å²) in [6, 6.07) is 8.18. The van der Waals surface area contributed by atoms with Gasteiger partial charge in [-0.2, -0.15) is 0 Å². The molecular formula is C20H23NO5. The lowest BCUT2D eigenvalue weighted by atomic mass is 10.0. The third-order valence-electron chi connectivity index (χ3n) is 3.95. The first-order valence-corrected chi connectivity index (χ1v) is 8.34. The highest BCUT2D eigenvalue weighted by molar-refractivity contribution is 6.07. The van der Waals surface area contributed by atoms with Crippen LogP contribution in [0, 0.1) is 13.8 Å². The smallest absolute Gasteiger partial charge is 0.336 e. The first kappa shape index (κ1) is 19.3. The minimum atomic E-state index is -1.03. The predicted octanol–water partition coefficient (Wildman–Crippen LogP) is 4.05. The molecule has 26 heavy (non-hydrogen) atoms. The van der Waals surface area contributed by atoms with Gasteiger partial charge in [0.15, 0.2) is 0 Å². The second-order valence-corrected chi connectivity index (χ2v) is 5.95. The summed E-state index contributed by atoms with van der Waals surface area (Å²) in [5.41, 5.74) is 2.39. The molecule has 0 aliphatic rings. The number of hydrogen-bond donors (Lipinski definition) is 2. The lowest BCUT2D eigenvalue weighted by molar-refractivity contribution is 0.0695. The molecule has 0 atom stereocenters. The number of anilines is 1. The number of rotatable bonds is 7. The molecule has 0 saturated heterocycles. The van der Waals surface area contributed by atoms with Crippen molar-refractivity contribution in [2.24, 2.45) is 0 Å². The fourth-order valence-corrected chi connectivity index (χ4v) is 2.56. The first-order valence-electron chi connectivity index (χ1n) is 8.34. The quantitative estimate of drug-likeness (QED) is 0.781. The van der Waals surface area contributed by atoms with Crippen LogP contribution >= 0.6 is 0 Å². The monoisotopic (exact) mass is 357 g/mol. The third kappa shape index (κ3) is 4.33. The number of carboxylic acid groups (broad SMARTS) is 1. The summed E-state index contributed by atoms with van der Waals surface area (Å²) in [6.07, 6.45) is 0.803. The molecule has 0 aliphatic carbocycles. The minimum absolute atomic E-state index is 0.156. The Morgan fingerprint density at radius 3 is 2.42 bits per heavy atom. The van der Waals surface area contributed by atoms with E-state index >= 15 is 0 Å². The molecule has 6 heteroatoms. The van der Waals surface area contributed by atoms with E-state index in [0.717, 1.165) is 12.0 Å². The Morgan fingerprint density at radius 2 is 1.81 bits per heavy atom. The maximum Gasteiger partial charge on any atom is 0.336 e. The number of aromatic carboxylic acids is 1. The molecular weight excluding hydrogens is 334 g/mol. The molecule has 1 amide bonds. The molecule has 0 heterocycles. The van der Waals surface area contributed by atoms with Crippen LogP contribution in [0.5, 0.6) is 11.5 Å². The number of methoxy groups -OCH3 is 1. The zero-order valence-electron chi connectivity index (χ0n) is 15.4. The second kappa shape index (κ2) is 8.38. The van der Waals surface area contributed by atoms with Crippen molar-refractivity contribution in [2.75, 3.05) is 19.0 Å². The lowest BCUT2D eigenvalue weighted by Crippen LogP contribution is -2.15. The van der Waals surface area contributed by atoms with Crippen molar-refractivity contribution < 1.29 is 24.2 Å². The Morgan fingerprint density at radius 1 is 1.08 bits per heavy atom. The van der Waals surface area contributed by atoms with Crippen molar-refractivity contribution in [1.82, 2.24) is 0 Å². The summed E-state index contributed by atoms with van der Waals surface area (Å²) in [5, 5.41) is 12.1. The number of carbonyl (C=O) groups excluding carboxylic acids is 1. The third-order valence-corrected chi connectivity index (χ3v) is 3.95. The molecule has 2 aromatic rings. The molecule has 2 rings (SSSR count). The van der Waals surface area contributed by atoms with Gasteiger partial charge in [-0.05, 0) is 49.6 Å². The number of carboxylic acids is 1. The Hall–Kier alpha value is -3.02. The zero-order valence-corrected chi connectivity index (χ0v) is 15.4. The second-order valence-electron chi connectivity index (χ2n) is 5.95. The van der Waals surface area contributed by atoms with Gasteiger partial charge >= 0.3 is 5.97 Å². The molecule has 0 aromatic heterocycles. The minimum Gasteiger partial charge on any atom is -0.497 e. The molecule has 138 valence electrons. The maximum atomic E-state index is 12.7. The van der Waals surface area contributed by atoms with Gasteiger partial charge in [-0.15, -0.1) is 0 Å². The van der Waals surface area contributed by atoms with Gasteiger partial charge in [-0.3, -0.25) is 4.79 Å². The van der Waals surface area contributed by atoms with Crippen LogP contribution in [0.15, 0.2) is 30.3 Å². The highest BCUT2D eigenvalue weighted by Crippen LogP contribution is 2.27. The van der Waals surface area contributed by atoms with Crippen molar-refractivity contribution in [3.05, 3.63) is 52.6 Å². The molecule has 2 aromatic carbocycles. The van der Waals surface area contributed by atoms with E-state index in [1.54, 1.807) is 38.3 Å². The van der Waals surface area contributed by atoms with E-state index in [4.69, 9.17) is 9.47 Å². The molecule has 0 spiro atoms. The average Bonchev–Trinajstić information content (AvgIpc) is 2.61. The zero-order chi connectivity index (χ0) is 19.3. The van der Waals surface area contributed by atoms with Gasteiger partial charge in [-0.25, -0.2) is 4.79 Å². The van der Waals surface area contributed by atoms with Crippen molar-refractivity contribution in [3.8, 4) is 11.5 Å². The molecule has 0 bridgehead atoms. The van der Waals surface area contributed by atoms with Gasteiger partial charge in [0.2, 0.25) is 0 Å². The van der Waals surface area contributed by atoms with Gasteiger partial charge in [-0.1, -0.05) is 13.0 Å². The molecule has 6 nitrogen and oxygen atoms in total. The fraction of sp³-hybridized carbons (Fsp3) is 0.300. The molecule has 0 saturated carbocycles. The maximum absolute atomic E-state index is 12.7. The topological polar surface area (TPSA) is 84.9 Å².